The molecule has 2 rings (SSSR count). The number of rotatable bonds is 1. The normalized spacial score (nSPS) is 11.8. The van der Waals surface area contributed by atoms with Gasteiger partial charge in [0.1, 0.15) is 17.4 Å². The first kappa shape index (κ1) is 10.7. The predicted octanol–water partition coefficient (Wildman–Crippen LogP) is 1.76. The van der Waals surface area contributed by atoms with Gasteiger partial charge in [0.2, 0.25) is 5.95 Å². The first-order valence-corrected chi connectivity index (χ1v) is 5.18. The van der Waals surface area contributed by atoms with Gasteiger partial charge in [-0.15, -0.1) is 0 Å². The maximum atomic E-state index is 4.41. The van der Waals surface area contributed by atoms with Crippen molar-refractivity contribution in [2.75, 3.05) is 12.4 Å². The average molecular weight is 217 g/mol. The molecule has 2 heterocycles. The minimum atomic E-state index is -0.0550. The Hall–Kier alpha value is -1.78. The van der Waals surface area contributed by atoms with Gasteiger partial charge in [-0.2, -0.15) is 0 Å². The van der Waals surface area contributed by atoms with Crippen LogP contribution in [0.15, 0.2) is 12.5 Å². The van der Waals surface area contributed by atoms with E-state index in [1.807, 2.05) is 0 Å². The van der Waals surface area contributed by atoms with Gasteiger partial charge >= 0.3 is 0 Å². The van der Waals surface area contributed by atoms with Crippen molar-refractivity contribution in [1.29, 1.82) is 0 Å². The number of fused-ring (bicyclic) bond motifs is 1. The highest BCUT2D eigenvalue weighted by Gasteiger charge is 2.20. The zero-order valence-corrected chi connectivity index (χ0v) is 9.94. The molecule has 2 aromatic heterocycles. The van der Waals surface area contributed by atoms with E-state index in [9.17, 15) is 0 Å². The van der Waals surface area contributed by atoms with Crippen LogP contribution >= 0.6 is 0 Å². The highest BCUT2D eigenvalue weighted by atomic mass is 15.1. The van der Waals surface area contributed by atoms with Gasteiger partial charge in [0, 0.05) is 12.5 Å². The smallest absolute Gasteiger partial charge is 0.223 e. The third-order valence-corrected chi connectivity index (χ3v) is 2.31. The number of aromatic nitrogens is 4. The monoisotopic (exact) mass is 217 g/mol. The van der Waals surface area contributed by atoms with E-state index in [0.717, 1.165) is 16.7 Å². The third-order valence-electron chi connectivity index (χ3n) is 2.31. The Morgan fingerprint density at radius 2 is 1.88 bits per heavy atom. The van der Waals surface area contributed by atoms with Gasteiger partial charge in [0.15, 0.2) is 0 Å². The first-order chi connectivity index (χ1) is 7.52. The van der Waals surface area contributed by atoms with Gasteiger partial charge in [0.05, 0.1) is 11.9 Å². The van der Waals surface area contributed by atoms with E-state index < -0.39 is 0 Å². The third kappa shape index (κ3) is 1.80. The van der Waals surface area contributed by atoms with Crippen LogP contribution < -0.4 is 5.32 Å². The highest BCUT2D eigenvalue weighted by Crippen LogP contribution is 2.25. The summed E-state index contributed by atoms with van der Waals surface area (Å²) < 4.78 is 0. The topological polar surface area (TPSA) is 63.6 Å². The highest BCUT2D eigenvalue weighted by molar-refractivity contribution is 5.77. The summed E-state index contributed by atoms with van der Waals surface area (Å²) in [6.45, 7) is 6.32. The van der Waals surface area contributed by atoms with Crippen molar-refractivity contribution in [3.63, 3.8) is 0 Å². The summed E-state index contributed by atoms with van der Waals surface area (Å²) >= 11 is 0. The fraction of sp³-hybridized carbons (Fsp3) is 0.455. The lowest BCUT2D eigenvalue weighted by molar-refractivity contribution is 0.572. The van der Waals surface area contributed by atoms with Crippen LogP contribution in [-0.2, 0) is 5.41 Å². The number of hydrogen-bond donors (Lipinski definition) is 1. The van der Waals surface area contributed by atoms with E-state index >= 15 is 0 Å². The van der Waals surface area contributed by atoms with E-state index in [-0.39, 0.29) is 5.41 Å². The van der Waals surface area contributed by atoms with Crippen LogP contribution in [0.2, 0.25) is 0 Å². The van der Waals surface area contributed by atoms with Gasteiger partial charge in [0.25, 0.3) is 0 Å². The summed E-state index contributed by atoms with van der Waals surface area (Å²) in [6, 6.07) is 0. The quantitative estimate of drug-likeness (QED) is 0.788. The van der Waals surface area contributed by atoms with Crippen molar-refractivity contribution in [2.45, 2.75) is 26.2 Å². The lowest BCUT2D eigenvalue weighted by Crippen LogP contribution is -2.15. The Kier molecular flexibility index (Phi) is 2.46. The van der Waals surface area contributed by atoms with Crippen molar-refractivity contribution in [3.05, 3.63) is 18.2 Å². The van der Waals surface area contributed by atoms with Gasteiger partial charge < -0.3 is 5.32 Å². The van der Waals surface area contributed by atoms with E-state index in [4.69, 9.17) is 0 Å². The van der Waals surface area contributed by atoms with Crippen LogP contribution in [0.1, 0.15) is 26.5 Å². The maximum Gasteiger partial charge on any atom is 0.223 e. The Morgan fingerprint density at radius 1 is 1.12 bits per heavy atom. The molecular weight excluding hydrogens is 202 g/mol. The molecule has 0 aliphatic rings. The van der Waals surface area contributed by atoms with Crippen LogP contribution in [-0.4, -0.2) is 27.0 Å². The molecule has 0 fully saturated rings. The summed E-state index contributed by atoms with van der Waals surface area (Å²) in [5, 5.41) is 2.92. The molecule has 5 nitrogen and oxygen atoms in total. The van der Waals surface area contributed by atoms with Gasteiger partial charge in [-0.1, -0.05) is 20.8 Å². The molecule has 1 N–H and O–H groups in total. The molecule has 0 unspecified atom stereocenters. The lowest BCUT2D eigenvalue weighted by atomic mass is 9.91. The van der Waals surface area contributed by atoms with E-state index in [1.165, 1.54) is 0 Å². The molecule has 0 radical (unpaired) electrons. The van der Waals surface area contributed by atoms with E-state index in [0.29, 0.717) is 5.95 Å². The molecule has 0 saturated heterocycles. The standard InChI is InChI=1S/C11H15N5/c1-11(2,3)9-8-7(14-6-15-9)5-13-10(12-4)16-8/h5-6H,1-4H3,(H,12,13,16). The van der Waals surface area contributed by atoms with Crippen LogP contribution in [0, 0.1) is 0 Å². The molecule has 5 heteroatoms. The Morgan fingerprint density at radius 3 is 2.50 bits per heavy atom. The molecule has 84 valence electrons. The molecule has 0 aliphatic heterocycles. The minimum Gasteiger partial charge on any atom is -0.357 e. The second-order valence-electron chi connectivity index (χ2n) is 4.65. The first-order valence-electron chi connectivity index (χ1n) is 5.18. The fourth-order valence-corrected chi connectivity index (χ4v) is 1.52. The molecule has 0 spiro atoms. The van der Waals surface area contributed by atoms with Crippen molar-refractivity contribution in [2.24, 2.45) is 0 Å². The molecule has 0 aliphatic carbocycles. The minimum absolute atomic E-state index is 0.0550. The maximum absolute atomic E-state index is 4.41. The molecular formula is C11H15N5. The summed E-state index contributed by atoms with van der Waals surface area (Å²) in [4.78, 5) is 17.0. The lowest BCUT2D eigenvalue weighted by Gasteiger charge is -2.18. The van der Waals surface area contributed by atoms with Crippen molar-refractivity contribution in [1.82, 2.24) is 19.9 Å². The Labute approximate surface area is 94.4 Å². The number of hydrogen-bond acceptors (Lipinski definition) is 5. The van der Waals surface area contributed by atoms with Crippen molar-refractivity contribution >= 4 is 17.0 Å². The Balaban J connectivity index is 2.74. The van der Waals surface area contributed by atoms with Gasteiger partial charge in [-0.25, -0.2) is 19.9 Å². The van der Waals surface area contributed by atoms with Crippen LogP contribution in [0.3, 0.4) is 0 Å². The number of nitrogens with zero attached hydrogens (tertiary/aromatic N) is 4. The second-order valence-corrected chi connectivity index (χ2v) is 4.65. The average Bonchev–Trinajstić information content (AvgIpc) is 2.26. The summed E-state index contributed by atoms with van der Waals surface area (Å²) in [5.41, 5.74) is 2.48. The zero-order valence-electron chi connectivity index (χ0n) is 9.94. The second kappa shape index (κ2) is 3.66. The molecule has 0 aromatic carbocycles. The molecule has 0 atom stereocenters. The molecule has 0 bridgehead atoms. The van der Waals surface area contributed by atoms with E-state index in [2.05, 4.69) is 46.0 Å². The number of anilines is 1. The summed E-state index contributed by atoms with van der Waals surface area (Å²) in [7, 11) is 1.79. The summed E-state index contributed by atoms with van der Waals surface area (Å²) in [5.74, 6) is 0.591. The van der Waals surface area contributed by atoms with E-state index in [1.54, 1.807) is 19.6 Å². The predicted molar refractivity (Wildman–Crippen MR) is 63.4 cm³/mol. The SMILES string of the molecule is CNc1ncc2ncnc(C(C)(C)C)c2n1. The summed E-state index contributed by atoms with van der Waals surface area (Å²) in [6.07, 6.45) is 3.27. The Bertz CT molecular complexity index is 515. The van der Waals surface area contributed by atoms with Crippen LogP contribution in [0.4, 0.5) is 5.95 Å². The molecule has 0 saturated carbocycles. The van der Waals surface area contributed by atoms with Crippen molar-refractivity contribution < 1.29 is 0 Å². The van der Waals surface area contributed by atoms with Gasteiger partial charge in [-0.3, -0.25) is 0 Å². The molecule has 0 amide bonds. The van der Waals surface area contributed by atoms with Crippen LogP contribution in [0.25, 0.3) is 11.0 Å². The van der Waals surface area contributed by atoms with Gasteiger partial charge in [-0.05, 0) is 0 Å². The zero-order chi connectivity index (χ0) is 11.8. The fourth-order valence-electron chi connectivity index (χ4n) is 1.52. The molecule has 2 aromatic rings. The van der Waals surface area contributed by atoms with Crippen LogP contribution in [0.5, 0.6) is 0 Å². The largest absolute Gasteiger partial charge is 0.357 e. The molecule has 16 heavy (non-hydrogen) atoms. The number of nitrogens with one attached hydrogen (secondary N) is 1. The van der Waals surface area contributed by atoms with Crippen molar-refractivity contribution in [3.8, 4) is 0 Å².